The molecular formula is C12H22N2OS. The maximum atomic E-state index is 5.60. The van der Waals surface area contributed by atoms with E-state index in [1.54, 1.807) is 7.11 Å². The van der Waals surface area contributed by atoms with Crippen molar-refractivity contribution in [2.75, 3.05) is 7.11 Å². The van der Waals surface area contributed by atoms with Gasteiger partial charge in [0, 0.05) is 23.3 Å². The Labute approximate surface area is 102 Å². The van der Waals surface area contributed by atoms with Gasteiger partial charge in [0.1, 0.15) is 0 Å². The second-order valence-electron chi connectivity index (χ2n) is 4.45. The Kier molecular flexibility index (Phi) is 4.92. The van der Waals surface area contributed by atoms with E-state index in [1.165, 1.54) is 9.75 Å². The topological polar surface area (TPSA) is 47.3 Å². The number of methoxy groups -OCH3 is 1. The quantitative estimate of drug-likeness (QED) is 0.593. The Balaban J connectivity index is 2.70. The second-order valence-corrected chi connectivity index (χ2v) is 5.71. The van der Waals surface area contributed by atoms with Gasteiger partial charge < -0.3 is 4.74 Å². The zero-order chi connectivity index (χ0) is 12.2. The van der Waals surface area contributed by atoms with E-state index in [-0.39, 0.29) is 11.6 Å². The van der Waals surface area contributed by atoms with Gasteiger partial charge >= 0.3 is 0 Å². The third-order valence-corrected chi connectivity index (χ3v) is 4.29. The van der Waals surface area contributed by atoms with Crippen molar-refractivity contribution in [1.29, 1.82) is 0 Å². The van der Waals surface area contributed by atoms with Crippen LogP contribution in [0.25, 0.3) is 0 Å². The van der Waals surface area contributed by atoms with Crippen molar-refractivity contribution in [3.63, 3.8) is 0 Å². The normalized spacial score (nSPS) is 14.1. The highest BCUT2D eigenvalue weighted by atomic mass is 32.1. The minimum absolute atomic E-state index is 0.126. The molecule has 1 aromatic rings. The molecule has 1 unspecified atom stereocenters. The molecule has 3 N–H and O–H groups in total. The molecule has 0 saturated heterocycles. The molecule has 0 bridgehead atoms. The zero-order valence-electron chi connectivity index (χ0n) is 10.5. The first-order valence-corrected chi connectivity index (χ1v) is 6.44. The summed E-state index contributed by atoms with van der Waals surface area (Å²) in [6.07, 6.45) is 2.00. The maximum absolute atomic E-state index is 5.60. The van der Waals surface area contributed by atoms with Crippen LogP contribution in [0.5, 0.6) is 0 Å². The Morgan fingerprint density at radius 2 is 2.06 bits per heavy atom. The lowest BCUT2D eigenvalue weighted by Gasteiger charge is -2.32. The van der Waals surface area contributed by atoms with Crippen molar-refractivity contribution >= 4 is 11.3 Å². The summed E-state index contributed by atoms with van der Waals surface area (Å²) in [6, 6.07) is 4.49. The third-order valence-electron chi connectivity index (χ3n) is 3.04. The largest absolute Gasteiger partial charge is 0.377 e. The van der Waals surface area contributed by atoms with E-state index in [1.807, 2.05) is 25.2 Å². The number of hydrazine groups is 1. The summed E-state index contributed by atoms with van der Waals surface area (Å²) >= 11 is 1.85. The van der Waals surface area contributed by atoms with E-state index in [9.17, 15) is 0 Å². The van der Waals surface area contributed by atoms with Crippen LogP contribution < -0.4 is 11.3 Å². The lowest BCUT2D eigenvalue weighted by molar-refractivity contribution is -0.00985. The molecule has 0 spiro atoms. The second kappa shape index (κ2) is 5.77. The van der Waals surface area contributed by atoms with E-state index in [0.29, 0.717) is 0 Å². The minimum atomic E-state index is -0.259. The summed E-state index contributed by atoms with van der Waals surface area (Å²) in [5, 5.41) is 0. The van der Waals surface area contributed by atoms with Gasteiger partial charge in [-0.1, -0.05) is 6.92 Å². The van der Waals surface area contributed by atoms with Crippen LogP contribution in [-0.2, 0) is 17.6 Å². The van der Waals surface area contributed by atoms with Crippen molar-refractivity contribution in [3.05, 3.63) is 21.9 Å². The molecule has 92 valence electrons. The van der Waals surface area contributed by atoms with Gasteiger partial charge in [0.2, 0.25) is 0 Å². The van der Waals surface area contributed by atoms with Gasteiger partial charge in [0.25, 0.3) is 0 Å². The first-order chi connectivity index (χ1) is 7.53. The van der Waals surface area contributed by atoms with E-state index >= 15 is 0 Å². The first kappa shape index (κ1) is 13.6. The van der Waals surface area contributed by atoms with Gasteiger partial charge in [0.05, 0.1) is 11.6 Å². The fourth-order valence-electron chi connectivity index (χ4n) is 1.57. The van der Waals surface area contributed by atoms with Crippen molar-refractivity contribution in [1.82, 2.24) is 5.43 Å². The van der Waals surface area contributed by atoms with E-state index in [4.69, 9.17) is 10.6 Å². The van der Waals surface area contributed by atoms with Gasteiger partial charge in [-0.05, 0) is 32.4 Å². The van der Waals surface area contributed by atoms with Crippen LogP contribution >= 0.6 is 11.3 Å². The molecule has 0 fully saturated rings. The summed E-state index contributed by atoms with van der Waals surface area (Å²) < 4.78 is 5.46. The summed E-state index contributed by atoms with van der Waals surface area (Å²) in [6.45, 7) is 6.27. The molecule has 1 atom stereocenters. The van der Waals surface area contributed by atoms with Gasteiger partial charge in [-0.2, -0.15) is 0 Å². The number of rotatable bonds is 6. The highest BCUT2D eigenvalue weighted by molar-refractivity contribution is 7.11. The van der Waals surface area contributed by atoms with Crippen LogP contribution in [0.1, 0.15) is 30.5 Å². The Bertz CT molecular complexity index is 323. The fourth-order valence-corrected chi connectivity index (χ4v) is 2.57. The van der Waals surface area contributed by atoms with Crippen molar-refractivity contribution in [2.24, 2.45) is 5.84 Å². The highest BCUT2D eigenvalue weighted by Crippen LogP contribution is 2.23. The lowest BCUT2D eigenvalue weighted by atomic mass is 9.95. The predicted molar refractivity (Wildman–Crippen MR) is 69.6 cm³/mol. The monoisotopic (exact) mass is 242 g/mol. The number of thiophene rings is 1. The average Bonchev–Trinajstić information content (AvgIpc) is 2.73. The van der Waals surface area contributed by atoms with Gasteiger partial charge in [-0.15, -0.1) is 11.3 Å². The average molecular weight is 242 g/mol. The summed E-state index contributed by atoms with van der Waals surface area (Å²) in [7, 11) is 1.72. The molecule has 1 aromatic heterocycles. The van der Waals surface area contributed by atoms with Crippen molar-refractivity contribution in [3.8, 4) is 0 Å². The van der Waals surface area contributed by atoms with E-state index < -0.39 is 0 Å². The molecule has 0 aliphatic carbocycles. The molecule has 0 saturated carbocycles. The SMILES string of the molecule is CCc1ccc(CC(NN)C(C)(C)OC)s1. The standard InChI is InChI=1S/C12H22N2OS/c1-5-9-6-7-10(16-9)8-11(14-13)12(2,3)15-4/h6-7,11,14H,5,8,13H2,1-4H3. The van der Waals surface area contributed by atoms with Gasteiger partial charge in [-0.3, -0.25) is 11.3 Å². The number of ether oxygens (including phenoxy) is 1. The Morgan fingerprint density at radius 3 is 2.50 bits per heavy atom. The molecule has 0 aromatic carbocycles. The highest BCUT2D eigenvalue weighted by Gasteiger charge is 2.28. The minimum Gasteiger partial charge on any atom is -0.377 e. The number of hydrogen-bond acceptors (Lipinski definition) is 4. The van der Waals surface area contributed by atoms with E-state index in [2.05, 4.69) is 24.5 Å². The summed E-state index contributed by atoms with van der Waals surface area (Å²) in [5.74, 6) is 5.60. The molecule has 0 radical (unpaired) electrons. The lowest BCUT2D eigenvalue weighted by Crippen LogP contribution is -2.52. The molecule has 1 rings (SSSR count). The first-order valence-electron chi connectivity index (χ1n) is 5.62. The molecule has 1 heterocycles. The van der Waals surface area contributed by atoms with Crippen LogP contribution in [0.3, 0.4) is 0 Å². The number of aryl methyl sites for hydroxylation is 1. The smallest absolute Gasteiger partial charge is 0.0791 e. The van der Waals surface area contributed by atoms with Crippen LogP contribution in [0, 0.1) is 0 Å². The van der Waals surface area contributed by atoms with E-state index in [0.717, 1.165) is 12.8 Å². The van der Waals surface area contributed by atoms with Crippen LogP contribution in [-0.4, -0.2) is 18.8 Å². The molecule has 3 nitrogen and oxygen atoms in total. The predicted octanol–water partition coefficient (Wildman–Crippen LogP) is 2.11. The molecule has 0 amide bonds. The number of nitrogens with one attached hydrogen (secondary N) is 1. The number of hydrogen-bond donors (Lipinski definition) is 2. The maximum Gasteiger partial charge on any atom is 0.0791 e. The Morgan fingerprint density at radius 1 is 1.44 bits per heavy atom. The summed E-state index contributed by atoms with van der Waals surface area (Å²) in [5.41, 5.74) is 2.59. The third kappa shape index (κ3) is 3.28. The van der Waals surface area contributed by atoms with Crippen LogP contribution in [0.4, 0.5) is 0 Å². The molecular weight excluding hydrogens is 220 g/mol. The number of nitrogens with two attached hydrogens (primary N) is 1. The molecule has 4 heteroatoms. The molecule has 0 aliphatic rings. The Hall–Kier alpha value is -0.420. The van der Waals surface area contributed by atoms with Gasteiger partial charge in [-0.25, -0.2) is 0 Å². The zero-order valence-corrected chi connectivity index (χ0v) is 11.4. The van der Waals surface area contributed by atoms with Crippen molar-refractivity contribution < 1.29 is 4.74 Å². The van der Waals surface area contributed by atoms with Gasteiger partial charge in [0.15, 0.2) is 0 Å². The molecule has 0 aliphatic heterocycles. The molecule has 16 heavy (non-hydrogen) atoms. The summed E-state index contributed by atoms with van der Waals surface area (Å²) in [4.78, 5) is 2.77. The van der Waals surface area contributed by atoms with Crippen LogP contribution in [0.2, 0.25) is 0 Å². The fraction of sp³-hybridized carbons (Fsp3) is 0.667. The van der Waals surface area contributed by atoms with Crippen LogP contribution in [0.15, 0.2) is 12.1 Å². The van der Waals surface area contributed by atoms with Crippen molar-refractivity contribution in [2.45, 2.75) is 45.3 Å².